The molecule has 6 heteroatoms. The quantitative estimate of drug-likeness (QED) is 0.656. The minimum absolute atomic E-state index is 0.0330. The monoisotopic (exact) mass is 405 g/mol. The molecule has 4 rings (SSSR count). The van der Waals surface area contributed by atoms with Crippen molar-refractivity contribution in [3.8, 4) is 11.5 Å². The number of methoxy groups -OCH3 is 2. The topological polar surface area (TPSA) is 63.7 Å². The van der Waals surface area contributed by atoms with Gasteiger partial charge in [0.1, 0.15) is 5.69 Å². The van der Waals surface area contributed by atoms with Gasteiger partial charge in [-0.2, -0.15) is 0 Å². The maximum Gasteiger partial charge on any atom is 0.272 e. The Morgan fingerprint density at radius 2 is 1.83 bits per heavy atom. The van der Waals surface area contributed by atoms with E-state index in [1.54, 1.807) is 14.2 Å². The van der Waals surface area contributed by atoms with Crippen molar-refractivity contribution in [2.24, 2.45) is 5.92 Å². The van der Waals surface area contributed by atoms with Gasteiger partial charge in [-0.05, 0) is 43.0 Å². The number of nitrogens with zero attached hydrogens (tertiary/aromatic N) is 2. The van der Waals surface area contributed by atoms with E-state index in [0.717, 1.165) is 42.7 Å². The number of hydrogen-bond acceptors (Lipinski definition) is 5. The summed E-state index contributed by atoms with van der Waals surface area (Å²) >= 11 is 0. The molecule has 0 aliphatic carbocycles. The van der Waals surface area contributed by atoms with Gasteiger partial charge < -0.3 is 19.7 Å². The van der Waals surface area contributed by atoms with Gasteiger partial charge in [-0.3, -0.25) is 4.79 Å². The molecule has 0 unspecified atom stereocenters. The summed E-state index contributed by atoms with van der Waals surface area (Å²) in [6.45, 7) is 3.73. The van der Waals surface area contributed by atoms with Crippen LogP contribution in [0.4, 0.5) is 11.4 Å². The molecule has 1 fully saturated rings. The molecule has 0 radical (unpaired) electrons. The molecule has 1 saturated heterocycles. The van der Waals surface area contributed by atoms with Crippen LogP contribution in [0.2, 0.25) is 0 Å². The van der Waals surface area contributed by atoms with E-state index in [0.29, 0.717) is 28.6 Å². The van der Waals surface area contributed by atoms with Crippen LogP contribution in [0.15, 0.2) is 48.5 Å². The summed E-state index contributed by atoms with van der Waals surface area (Å²) in [7, 11) is 3.20. The van der Waals surface area contributed by atoms with Gasteiger partial charge in [-0.15, -0.1) is 0 Å². The Labute approximate surface area is 176 Å². The third-order valence-electron chi connectivity index (χ3n) is 5.53. The van der Waals surface area contributed by atoms with Gasteiger partial charge in [-0.25, -0.2) is 4.98 Å². The molecule has 1 N–H and O–H groups in total. The number of pyridine rings is 1. The molecule has 1 amide bonds. The molecule has 2 aromatic carbocycles. The standard InChI is InChI=1S/C24H27N3O3/c1-16-8-7-11-27(15-16)24(28)21-13-19(25-17-9-5-4-6-10-17)18-12-22(29-2)23(30-3)14-20(18)26-21/h4-6,9-10,12-14,16H,7-8,11,15H2,1-3H3,(H,25,26)/t16-/m1/s1. The van der Waals surface area contributed by atoms with Crippen molar-refractivity contribution in [2.75, 3.05) is 32.6 Å². The normalized spacial score (nSPS) is 16.4. The lowest BCUT2D eigenvalue weighted by Gasteiger charge is -2.30. The van der Waals surface area contributed by atoms with Gasteiger partial charge in [0.2, 0.25) is 0 Å². The zero-order valence-corrected chi connectivity index (χ0v) is 17.6. The van der Waals surface area contributed by atoms with Gasteiger partial charge in [0.15, 0.2) is 11.5 Å². The van der Waals surface area contributed by atoms with E-state index < -0.39 is 0 Å². The number of nitrogens with one attached hydrogen (secondary N) is 1. The summed E-state index contributed by atoms with van der Waals surface area (Å²) < 4.78 is 10.9. The highest BCUT2D eigenvalue weighted by atomic mass is 16.5. The lowest BCUT2D eigenvalue weighted by Crippen LogP contribution is -2.39. The van der Waals surface area contributed by atoms with Crippen LogP contribution in [0.25, 0.3) is 10.9 Å². The Morgan fingerprint density at radius 3 is 2.53 bits per heavy atom. The van der Waals surface area contributed by atoms with Crippen LogP contribution in [-0.4, -0.2) is 43.1 Å². The third-order valence-corrected chi connectivity index (χ3v) is 5.53. The molecule has 1 aromatic heterocycles. The van der Waals surface area contributed by atoms with Crippen LogP contribution in [0.5, 0.6) is 11.5 Å². The predicted octanol–water partition coefficient (Wildman–Crippen LogP) is 4.87. The molecular formula is C24H27N3O3. The van der Waals surface area contributed by atoms with Crippen molar-refractivity contribution >= 4 is 28.2 Å². The number of ether oxygens (including phenoxy) is 2. The zero-order valence-electron chi connectivity index (χ0n) is 17.6. The smallest absolute Gasteiger partial charge is 0.272 e. The van der Waals surface area contributed by atoms with Gasteiger partial charge >= 0.3 is 0 Å². The van der Waals surface area contributed by atoms with E-state index in [2.05, 4.69) is 12.2 Å². The van der Waals surface area contributed by atoms with Crippen LogP contribution in [0, 0.1) is 5.92 Å². The number of carbonyl (C=O) groups is 1. The maximum atomic E-state index is 13.3. The third kappa shape index (κ3) is 4.03. The molecule has 0 spiro atoms. The number of amides is 1. The van der Waals surface area contributed by atoms with Gasteiger partial charge in [0, 0.05) is 30.2 Å². The SMILES string of the molecule is COc1cc2nc(C(=O)N3CCC[C@@H](C)C3)cc(Nc3ccccc3)c2cc1OC. The Kier molecular flexibility index (Phi) is 5.74. The molecule has 30 heavy (non-hydrogen) atoms. The second-order valence-electron chi connectivity index (χ2n) is 7.77. The second-order valence-corrected chi connectivity index (χ2v) is 7.77. The fourth-order valence-electron chi connectivity index (χ4n) is 3.98. The number of piperidine rings is 1. The molecule has 0 bridgehead atoms. The summed E-state index contributed by atoms with van der Waals surface area (Å²) in [4.78, 5) is 19.9. The summed E-state index contributed by atoms with van der Waals surface area (Å²) in [5.41, 5.74) is 2.86. The minimum Gasteiger partial charge on any atom is -0.493 e. The van der Waals surface area contributed by atoms with Crippen LogP contribution in [0.1, 0.15) is 30.3 Å². The molecule has 0 saturated carbocycles. The number of anilines is 2. The number of fused-ring (bicyclic) bond motifs is 1. The number of rotatable bonds is 5. The molecular weight excluding hydrogens is 378 g/mol. The van der Waals surface area contributed by atoms with Gasteiger partial charge in [0.05, 0.1) is 25.4 Å². The van der Waals surface area contributed by atoms with Crippen molar-refractivity contribution < 1.29 is 14.3 Å². The van der Waals surface area contributed by atoms with Crippen molar-refractivity contribution in [2.45, 2.75) is 19.8 Å². The van der Waals surface area contributed by atoms with E-state index >= 15 is 0 Å². The second kappa shape index (κ2) is 8.61. The first kappa shape index (κ1) is 20.0. The number of likely N-dealkylation sites (tertiary alicyclic amines) is 1. The summed E-state index contributed by atoms with van der Waals surface area (Å²) in [5.74, 6) is 1.68. The first-order valence-corrected chi connectivity index (χ1v) is 10.3. The van der Waals surface area contributed by atoms with Gasteiger partial charge in [0.25, 0.3) is 5.91 Å². The van der Waals surface area contributed by atoms with E-state index in [4.69, 9.17) is 14.5 Å². The van der Waals surface area contributed by atoms with Crippen LogP contribution >= 0.6 is 0 Å². The molecule has 3 aromatic rings. The Balaban J connectivity index is 1.81. The molecule has 1 aliphatic rings. The van der Waals surface area contributed by atoms with Crippen molar-refractivity contribution in [3.63, 3.8) is 0 Å². The highest BCUT2D eigenvalue weighted by Gasteiger charge is 2.24. The first-order chi connectivity index (χ1) is 14.6. The highest BCUT2D eigenvalue weighted by Crippen LogP contribution is 2.36. The van der Waals surface area contributed by atoms with Crippen LogP contribution < -0.4 is 14.8 Å². The number of aromatic nitrogens is 1. The minimum atomic E-state index is -0.0330. The largest absolute Gasteiger partial charge is 0.493 e. The lowest BCUT2D eigenvalue weighted by molar-refractivity contribution is 0.0677. The van der Waals surface area contributed by atoms with E-state index in [-0.39, 0.29) is 5.91 Å². The van der Waals surface area contributed by atoms with Crippen LogP contribution in [0.3, 0.4) is 0 Å². The summed E-state index contributed by atoms with van der Waals surface area (Å²) in [6, 6.07) is 15.4. The summed E-state index contributed by atoms with van der Waals surface area (Å²) in [6.07, 6.45) is 2.19. The average molecular weight is 405 g/mol. The fraction of sp³-hybridized carbons (Fsp3) is 0.333. The molecule has 1 atom stereocenters. The Hall–Kier alpha value is -3.28. The summed E-state index contributed by atoms with van der Waals surface area (Å²) in [5, 5.41) is 4.30. The highest BCUT2D eigenvalue weighted by molar-refractivity contribution is 6.01. The molecule has 2 heterocycles. The van der Waals surface area contributed by atoms with Crippen molar-refractivity contribution in [1.82, 2.24) is 9.88 Å². The zero-order chi connectivity index (χ0) is 21.1. The predicted molar refractivity (Wildman–Crippen MR) is 119 cm³/mol. The van der Waals surface area contributed by atoms with Gasteiger partial charge in [-0.1, -0.05) is 25.1 Å². The van der Waals surface area contributed by atoms with Crippen LogP contribution in [-0.2, 0) is 0 Å². The molecule has 1 aliphatic heterocycles. The lowest BCUT2D eigenvalue weighted by atomic mass is 10.00. The number of carbonyl (C=O) groups excluding carboxylic acids is 1. The Bertz CT molecular complexity index is 1050. The number of hydrogen-bond donors (Lipinski definition) is 1. The number of benzene rings is 2. The molecule has 6 nitrogen and oxygen atoms in total. The van der Waals surface area contributed by atoms with Crippen molar-refractivity contribution in [3.05, 3.63) is 54.2 Å². The Morgan fingerprint density at radius 1 is 1.10 bits per heavy atom. The number of para-hydroxylation sites is 1. The maximum absolute atomic E-state index is 13.3. The van der Waals surface area contributed by atoms with E-state index in [1.165, 1.54) is 0 Å². The fourth-order valence-corrected chi connectivity index (χ4v) is 3.98. The molecule has 156 valence electrons. The van der Waals surface area contributed by atoms with E-state index in [9.17, 15) is 4.79 Å². The first-order valence-electron chi connectivity index (χ1n) is 10.3. The average Bonchev–Trinajstić information content (AvgIpc) is 2.78. The van der Waals surface area contributed by atoms with Crippen molar-refractivity contribution in [1.29, 1.82) is 0 Å². The van der Waals surface area contributed by atoms with E-state index in [1.807, 2.05) is 53.4 Å².